The molecule has 1 N–H and O–H groups in total. The molecule has 3 nitrogen and oxygen atoms in total. The van der Waals surface area contributed by atoms with Crippen molar-refractivity contribution >= 4 is 17.3 Å². The Kier molecular flexibility index (Phi) is 3.60. The summed E-state index contributed by atoms with van der Waals surface area (Å²) in [5.41, 5.74) is 2.76. The molecule has 1 atom stereocenters. The third-order valence-corrected chi connectivity index (χ3v) is 3.33. The molecule has 0 fully saturated rings. The molecule has 0 bridgehead atoms. The highest BCUT2D eigenvalue weighted by Gasteiger charge is 2.30. The molecule has 3 heteroatoms. The lowest BCUT2D eigenvalue weighted by Crippen LogP contribution is -2.07. The summed E-state index contributed by atoms with van der Waals surface area (Å²) in [5, 5.41) is 8.75. The molecule has 0 spiro atoms. The van der Waals surface area contributed by atoms with Gasteiger partial charge >= 0.3 is 5.97 Å². The second-order valence-electron chi connectivity index (χ2n) is 4.69. The van der Waals surface area contributed by atoms with Crippen LogP contribution >= 0.6 is 0 Å². The molecule has 1 aromatic rings. The van der Waals surface area contributed by atoms with E-state index in [-0.39, 0.29) is 18.1 Å². The zero-order valence-electron chi connectivity index (χ0n) is 10.3. The Hall–Kier alpha value is -1.90. The van der Waals surface area contributed by atoms with E-state index >= 15 is 0 Å². The minimum absolute atomic E-state index is 0.0180. The molecule has 0 saturated carbocycles. The quantitative estimate of drug-likeness (QED) is 0.886. The highest BCUT2D eigenvalue weighted by Crippen LogP contribution is 2.37. The lowest BCUT2D eigenvalue weighted by molar-refractivity contribution is -0.136. The van der Waals surface area contributed by atoms with E-state index in [0.29, 0.717) is 12.0 Å². The van der Waals surface area contributed by atoms with Crippen molar-refractivity contribution in [3.05, 3.63) is 41.5 Å². The molecule has 0 radical (unpaired) electrons. The van der Waals surface area contributed by atoms with Gasteiger partial charge in [0.25, 0.3) is 0 Å². The second-order valence-corrected chi connectivity index (χ2v) is 4.69. The zero-order chi connectivity index (χ0) is 13.1. The van der Waals surface area contributed by atoms with Gasteiger partial charge in [-0.2, -0.15) is 0 Å². The maximum absolute atomic E-state index is 12.1. The number of hydrogen-bond acceptors (Lipinski definition) is 2. The molecule has 94 valence electrons. The fourth-order valence-electron chi connectivity index (χ4n) is 2.41. The molecule has 1 unspecified atom stereocenters. The summed E-state index contributed by atoms with van der Waals surface area (Å²) < 4.78 is 0. The minimum atomic E-state index is -0.859. The summed E-state index contributed by atoms with van der Waals surface area (Å²) in [4.78, 5) is 22.7. The molecule has 0 aromatic heterocycles. The molecular weight excluding hydrogens is 228 g/mol. The Labute approximate surface area is 106 Å². The maximum atomic E-state index is 12.1. The van der Waals surface area contributed by atoms with Gasteiger partial charge in [-0.05, 0) is 29.6 Å². The van der Waals surface area contributed by atoms with Gasteiger partial charge in [0.05, 0.1) is 0 Å². The number of allylic oxidation sites excluding steroid dienone is 2. The van der Waals surface area contributed by atoms with Crippen LogP contribution < -0.4 is 0 Å². The van der Waals surface area contributed by atoms with Gasteiger partial charge < -0.3 is 5.11 Å². The fourth-order valence-corrected chi connectivity index (χ4v) is 2.41. The normalized spacial score (nSPS) is 19.4. The number of carboxylic acids is 1. The van der Waals surface area contributed by atoms with Crippen molar-refractivity contribution in [2.75, 3.05) is 0 Å². The first-order valence-electron chi connectivity index (χ1n) is 6.13. The number of benzene rings is 1. The number of carbonyl (C=O) groups excluding carboxylic acids is 1. The Morgan fingerprint density at radius 1 is 1.33 bits per heavy atom. The zero-order valence-corrected chi connectivity index (χ0v) is 10.3. The Morgan fingerprint density at radius 2 is 2.00 bits per heavy atom. The van der Waals surface area contributed by atoms with Crippen molar-refractivity contribution in [3.8, 4) is 0 Å². The Morgan fingerprint density at radius 3 is 2.61 bits per heavy atom. The largest absolute Gasteiger partial charge is 0.481 e. The van der Waals surface area contributed by atoms with E-state index in [1.807, 2.05) is 37.3 Å². The number of hydrogen-bond donors (Lipinski definition) is 1. The summed E-state index contributed by atoms with van der Waals surface area (Å²) in [6.45, 7) is 1.90. The maximum Gasteiger partial charge on any atom is 0.303 e. The van der Waals surface area contributed by atoms with Crippen LogP contribution in [0.15, 0.2) is 35.9 Å². The average molecular weight is 244 g/mol. The van der Waals surface area contributed by atoms with Crippen LogP contribution in [0.2, 0.25) is 0 Å². The van der Waals surface area contributed by atoms with Gasteiger partial charge in [-0.3, -0.25) is 9.59 Å². The minimum Gasteiger partial charge on any atom is -0.481 e. The van der Waals surface area contributed by atoms with Gasteiger partial charge in [0.1, 0.15) is 0 Å². The number of rotatable bonds is 4. The van der Waals surface area contributed by atoms with Crippen molar-refractivity contribution < 1.29 is 14.7 Å². The van der Waals surface area contributed by atoms with Gasteiger partial charge in [-0.15, -0.1) is 0 Å². The van der Waals surface area contributed by atoms with Crippen LogP contribution in [0.3, 0.4) is 0 Å². The predicted molar refractivity (Wildman–Crippen MR) is 69.0 cm³/mol. The number of carboxylic acid groups (broad SMARTS) is 1. The van der Waals surface area contributed by atoms with E-state index in [1.54, 1.807) is 0 Å². The van der Waals surface area contributed by atoms with Crippen LogP contribution in [0.25, 0.3) is 5.57 Å². The predicted octanol–water partition coefficient (Wildman–Crippen LogP) is 2.91. The molecule has 18 heavy (non-hydrogen) atoms. The molecule has 2 rings (SSSR count). The molecule has 0 aliphatic heterocycles. The van der Waals surface area contributed by atoms with Crippen LogP contribution in [0.1, 0.15) is 31.7 Å². The summed E-state index contributed by atoms with van der Waals surface area (Å²) in [6, 6.07) is 9.75. The van der Waals surface area contributed by atoms with E-state index in [4.69, 9.17) is 5.11 Å². The second kappa shape index (κ2) is 5.17. The summed E-state index contributed by atoms with van der Waals surface area (Å²) in [5.74, 6) is -0.777. The molecule has 0 amide bonds. The van der Waals surface area contributed by atoms with Gasteiger partial charge in [-0.25, -0.2) is 0 Å². The van der Waals surface area contributed by atoms with Crippen LogP contribution in [0, 0.1) is 5.92 Å². The smallest absolute Gasteiger partial charge is 0.303 e. The molecule has 1 aliphatic rings. The molecular formula is C15H16O3. The first-order valence-corrected chi connectivity index (χ1v) is 6.13. The highest BCUT2D eigenvalue weighted by molar-refractivity contribution is 6.08. The van der Waals surface area contributed by atoms with Crippen molar-refractivity contribution in [1.82, 2.24) is 0 Å². The SMILES string of the molecule is CC1CC(c2ccccc2)=C(CCC(=O)O)C1=O. The Bertz CT molecular complexity index is 500. The van der Waals surface area contributed by atoms with Crippen molar-refractivity contribution in [2.45, 2.75) is 26.2 Å². The monoisotopic (exact) mass is 244 g/mol. The number of aliphatic carboxylic acids is 1. The summed E-state index contributed by atoms with van der Waals surface area (Å²) in [6.07, 6.45) is 1.07. The van der Waals surface area contributed by atoms with E-state index in [2.05, 4.69) is 0 Å². The van der Waals surface area contributed by atoms with E-state index in [9.17, 15) is 9.59 Å². The third-order valence-electron chi connectivity index (χ3n) is 3.33. The molecule has 0 heterocycles. The van der Waals surface area contributed by atoms with Crippen molar-refractivity contribution in [1.29, 1.82) is 0 Å². The third kappa shape index (κ3) is 2.50. The van der Waals surface area contributed by atoms with Gasteiger partial charge in [-0.1, -0.05) is 37.3 Å². The number of Topliss-reactive ketones (excluding diaryl/α,β-unsaturated/α-hetero) is 1. The van der Waals surface area contributed by atoms with Crippen molar-refractivity contribution in [3.63, 3.8) is 0 Å². The fraction of sp³-hybridized carbons (Fsp3) is 0.333. The first-order chi connectivity index (χ1) is 8.59. The number of carbonyl (C=O) groups is 2. The number of ketones is 1. The van der Waals surface area contributed by atoms with Gasteiger partial charge in [0, 0.05) is 12.3 Å². The standard InChI is InChI=1S/C15H16O3/c1-10-9-13(11-5-3-2-4-6-11)12(15(10)18)7-8-14(16)17/h2-6,10H,7-9H2,1H3,(H,16,17). The van der Waals surface area contributed by atoms with Crippen LogP contribution in [0.5, 0.6) is 0 Å². The van der Waals surface area contributed by atoms with E-state index < -0.39 is 5.97 Å². The molecule has 0 saturated heterocycles. The van der Waals surface area contributed by atoms with E-state index in [1.165, 1.54) is 0 Å². The molecule has 1 aliphatic carbocycles. The van der Waals surface area contributed by atoms with Crippen LogP contribution in [0.4, 0.5) is 0 Å². The van der Waals surface area contributed by atoms with Gasteiger partial charge in [0.2, 0.25) is 0 Å². The van der Waals surface area contributed by atoms with Crippen LogP contribution in [-0.2, 0) is 9.59 Å². The summed E-state index contributed by atoms with van der Waals surface area (Å²) >= 11 is 0. The lowest BCUT2D eigenvalue weighted by atomic mass is 9.99. The van der Waals surface area contributed by atoms with Crippen LogP contribution in [-0.4, -0.2) is 16.9 Å². The first kappa shape index (κ1) is 12.6. The topological polar surface area (TPSA) is 54.4 Å². The van der Waals surface area contributed by atoms with E-state index in [0.717, 1.165) is 17.6 Å². The lowest BCUT2D eigenvalue weighted by Gasteiger charge is -2.05. The van der Waals surface area contributed by atoms with Gasteiger partial charge in [0.15, 0.2) is 5.78 Å². The molecule has 1 aromatic carbocycles. The highest BCUT2D eigenvalue weighted by atomic mass is 16.4. The summed E-state index contributed by atoms with van der Waals surface area (Å²) in [7, 11) is 0. The Balaban J connectivity index is 2.32. The van der Waals surface area contributed by atoms with Crippen molar-refractivity contribution in [2.24, 2.45) is 5.92 Å². The average Bonchev–Trinajstić information content (AvgIpc) is 2.64.